The second-order valence-corrected chi connectivity index (χ2v) is 7.41. The molecular weight excluding hydrogens is 476 g/mol. The molecule has 0 bridgehead atoms. The van der Waals surface area contributed by atoms with Crippen LogP contribution in [0.4, 0.5) is 11.4 Å². The number of hydrogen-bond donors (Lipinski definition) is 2. The van der Waals surface area contributed by atoms with E-state index in [1.807, 2.05) is 0 Å². The van der Waals surface area contributed by atoms with E-state index >= 15 is 0 Å². The smallest absolute Gasteiger partial charge is 0.325 e. The Hall–Kier alpha value is -4.05. The van der Waals surface area contributed by atoms with E-state index in [0.717, 1.165) is 0 Å². The van der Waals surface area contributed by atoms with Crippen molar-refractivity contribution < 1.29 is 28.6 Å². The standard InChI is InChI=1S/C24H26N4O6.ClH/c1-32-19-12-28(18-10-6-16(7-11-18)23(25)26)24(31)22(19)15-4-8-17(9-5-15)27(13-20(29)33-2)14-21(30)34-3;/h4-11H,12-14H2,1-3H3,(H3,25,26);1H. The molecule has 11 heteroatoms. The maximum atomic E-state index is 13.3. The highest BCUT2D eigenvalue weighted by Gasteiger charge is 2.33. The lowest BCUT2D eigenvalue weighted by atomic mass is 10.0. The molecular formula is C24H27ClN4O6. The maximum Gasteiger partial charge on any atom is 0.325 e. The molecule has 0 aromatic heterocycles. The SMILES string of the molecule is COC(=O)CN(CC(=O)OC)c1ccc(C2=C(OC)CN(c3ccc(C(=N)N)cc3)C2=O)cc1.Cl. The fourth-order valence-corrected chi connectivity index (χ4v) is 3.55. The number of methoxy groups -OCH3 is 3. The topological polar surface area (TPSA) is 135 Å². The number of benzene rings is 2. The van der Waals surface area contributed by atoms with Crippen LogP contribution >= 0.6 is 12.4 Å². The van der Waals surface area contributed by atoms with E-state index < -0.39 is 11.9 Å². The largest absolute Gasteiger partial charge is 0.498 e. The summed E-state index contributed by atoms with van der Waals surface area (Å²) < 4.78 is 14.9. The molecule has 0 spiro atoms. The lowest BCUT2D eigenvalue weighted by molar-refractivity contribution is -0.140. The predicted molar refractivity (Wildman–Crippen MR) is 134 cm³/mol. The van der Waals surface area contributed by atoms with Crippen molar-refractivity contribution in [3.8, 4) is 0 Å². The minimum Gasteiger partial charge on any atom is -0.498 e. The van der Waals surface area contributed by atoms with Gasteiger partial charge in [-0.05, 0) is 42.0 Å². The van der Waals surface area contributed by atoms with Crippen molar-refractivity contribution in [1.82, 2.24) is 0 Å². The van der Waals surface area contributed by atoms with E-state index in [2.05, 4.69) is 0 Å². The molecule has 1 amide bonds. The van der Waals surface area contributed by atoms with Crippen LogP contribution in [0.25, 0.3) is 5.57 Å². The van der Waals surface area contributed by atoms with Gasteiger partial charge < -0.3 is 29.7 Å². The summed E-state index contributed by atoms with van der Waals surface area (Å²) in [4.78, 5) is 39.9. The number of halogens is 1. The Morgan fingerprint density at radius 3 is 1.97 bits per heavy atom. The van der Waals surface area contributed by atoms with Crippen LogP contribution in [0.15, 0.2) is 54.3 Å². The highest BCUT2D eigenvalue weighted by molar-refractivity contribution is 6.29. The number of carbonyl (C=O) groups excluding carboxylic acids is 3. The second kappa shape index (κ2) is 11.9. The van der Waals surface area contributed by atoms with Crippen molar-refractivity contribution in [2.75, 3.05) is 50.8 Å². The van der Waals surface area contributed by atoms with Gasteiger partial charge in [0.15, 0.2) is 0 Å². The van der Waals surface area contributed by atoms with E-state index in [9.17, 15) is 14.4 Å². The van der Waals surface area contributed by atoms with Crippen molar-refractivity contribution in [2.45, 2.75) is 0 Å². The summed E-state index contributed by atoms with van der Waals surface area (Å²) in [6.45, 7) is -0.0253. The first-order valence-corrected chi connectivity index (χ1v) is 10.3. The van der Waals surface area contributed by atoms with Crippen LogP contribution in [-0.4, -0.2) is 64.6 Å². The van der Waals surface area contributed by atoms with Crippen molar-refractivity contribution in [3.05, 3.63) is 65.4 Å². The molecule has 186 valence electrons. The zero-order chi connectivity index (χ0) is 24.8. The van der Waals surface area contributed by atoms with Gasteiger partial charge in [-0.3, -0.25) is 19.8 Å². The Morgan fingerprint density at radius 1 is 0.971 bits per heavy atom. The third kappa shape index (κ3) is 6.10. The molecule has 3 N–H and O–H groups in total. The molecule has 1 heterocycles. The van der Waals surface area contributed by atoms with Crippen LogP contribution in [0.2, 0.25) is 0 Å². The van der Waals surface area contributed by atoms with Gasteiger partial charge in [-0.25, -0.2) is 0 Å². The average Bonchev–Trinajstić information content (AvgIpc) is 3.19. The van der Waals surface area contributed by atoms with Gasteiger partial charge in [-0.1, -0.05) is 12.1 Å². The Kier molecular flexibility index (Phi) is 9.24. The fraction of sp³-hybridized carbons (Fsp3) is 0.250. The number of nitrogens with zero attached hydrogens (tertiary/aromatic N) is 2. The number of carbonyl (C=O) groups is 3. The number of nitrogen functional groups attached to an aromatic ring is 1. The quantitative estimate of drug-likeness (QED) is 0.302. The van der Waals surface area contributed by atoms with Crippen LogP contribution < -0.4 is 15.5 Å². The molecule has 0 saturated heterocycles. The zero-order valence-corrected chi connectivity index (χ0v) is 20.4. The summed E-state index contributed by atoms with van der Waals surface area (Å²) in [5.74, 6) is -0.788. The predicted octanol–water partition coefficient (Wildman–Crippen LogP) is 1.95. The van der Waals surface area contributed by atoms with Gasteiger partial charge in [0.25, 0.3) is 5.91 Å². The first-order valence-electron chi connectivity index (χ1n) is 10.3. The fourth-order valence-electron chi connectivity index (χ4n) is 3.55. The van der Waals surface area contributed by atoms with Gasteiger partial charge in [0, 0.05) is 16.9 Å². The minimum atomic E-state index is -0.505. The lowest BCUT2D eigenvalue weighted by Gasteiger charge is -2.22. The molecule has 0 atom stereocenters. The van der Waals surface area contributed by atoms with Crippen molar-refractivity contribution >= 4 is 53.0 Å². The third-order valence-corrected chi connectivity index (χ3v) is 5.39. The van der Waals surface area contributed by atoms with Crippen molar-refractivity contribution in [1.29, 1.82) is 5.41 Å². The molecule has 0 radical (unpaired) electrons. The Morgan fingerprint density at radius 2 is 1.51 bits per heavy atom. The summed E-state index contributed by atoms with van der Waals surface area (Å²) in [5.41, 5.74) is 8.35. The summed E-state index contributed by atoms with van der Waals surface area (Å²) in [6, 6.07) is 13.7. The lowest BCUT2D eigenvalue weighted by Crippen LogP contribution is -2.35. The van der Waals surface area contributed by atoms with Crippen LogP contribution in [0.5, 0.6) is 0 Å². The first-order chi connectivity index (χ1) is 16.3. The average molecular weight is 503 g/mol. The monoisotopic (exact) mass is 502 g/mol. The highest BCUT2D eigenvalue weighted by atomic mass is 35.5. The summed E-state index contributed by atoms with van der Waals surface area (Å²) in [6.07, 6.45) is 0. The van der Waals surface area contributed by atoms with Gasteiger partial charge in [0.05, 0.1) is 33.4 Å². The van der Waals surface area contributed by atoms with Gasteiger partial charge in [-0.2, -0.15) is 0 Å². The number of ether oxygens (including phenoxy) is 3. The molecule has 0 fully saturated rings. The molecule has 10 nitrogen and oxygen atoms in total. The second-order valence-electron chi connectivity index (χ2n) is 7.41. The van der Waals surface area contributed by atoms with E-state index in [1.165, 1.54) is 26.2 Å². The summed E-state index contributed by atoms with van der Waals surface area (Å²) >= 11 is 0. The Labute approximate surface area is 209 Å². The van der Waals surface area contributed by atoms with Gasteiger partial charge in [0.1, 0.15) is 24.7 Å². The number of nitrogens with one attached hydrogen (secondary N) is 1. The molecule has 0 aliphatic carbocycles. The van der Waals surface area contributed by atoms with Crippen LogP contribution in [0.1, 0.15) is 11.1 Å². The molecule has 35 heavy (non-hydrogen) atoms. The third-order valence-electron chi connectivity index (χ3n) is 5.39. The van der Waals surface area contributed by atoms with Crippen LogP contribution in [-0.2, 0) is 28.6 Å². The normalized spacial score (nSPS) is 12.7. The van der Waals surface area contributed by atoms with Gasteiger partial charge in [-0.15, -0.1) is 12.4 Å². The highest BCUT2D eigenvalue weighted by Crippen LogP contribution is 2.33. The molecule has 2 aromatic rings. The van der Waals surface area contributed by atoms with Gasteiger partial charge >= 0.3 is 11.9 Å². The molecule has 1 aliphatic rings. The Bertz CT molecular complexity index is 1110. The molecule has 1 aliphatic heterocycles. The van der Waals surface area contributed by atoms with Crippen LogP contribution in [0, 0.1) is 5.41 Å². The molecule has 0 saturated carbocycles. The van der Waals surface area contributed by atoms with Crippen molar-refractivity contribution in [3.63, 3.8) is 0 Å². The van der Waals surface area contributed by atoms with E-state index in [0.29, 0.717) is 33.8 Å². The van der Waals surface area contributed by atoms with Crippen LogP contribution in [0.3, 0.4) is 0 Å². The number of amides is 1. The molecule has 0 unspecified atom stereocenters. The summed E-state index contributed by atoms with van der Waals surface area (Å²) in [5, 5.41) is 7.52. The van der Waals surface area contributed by atoms with Crippen molar-refractivity contribution in [2.24, 2.45) is 5.73 Å². The summed E-state index contributed by atoms with van der Waals surface area (Å²) in [7, 11) is 4.05. The number of rotatable bonds is 9. The minimum absolute atomic E-state index is 0. The molecule has 3 rings (SSSR count). The number of amidine groups is 1. The Balaban J connectivity index is 0.00000432. The number of hydrogen-bond acceptors (Lipinski definition) is 8. The van der Waals surface area contributed by atoms with Gasteiger partial charge in [0.2, 0.25) is 0 Å². The van der Waals surface area contributed by atoms with E-state index in [-0.39, 0.29) is 43.8 Å². The number of nitrogens with two attached hydrogens (primary N) is 1. The maximum absolute atomic E-state index is 13.3. The first kappa shape index (κ1) is 27.2. The number of anilines is 2. The molecule has 2 aromatic carbocycles. The number of esters is 2. The van der Waals surface area contributed by atoms with E-state index in [1.54, 1.807) is 53.4 Å². The zero-order valence-electron chi connectivity index (χ0n) is 19.6. The van der Waals surface area contributed by atoms with E-state index in [4.69, 9.17) is 25.4 Å².